The maximum absolute atomic E-state index is 4.41. The molecule has 2 heterocycles. The topological polar surface area (TPSA) is 41.1 Å². The van der Waals surface area contributed by atoms with Gasteiger partial charge in [-0.3, -0.25) is 0 Å². The van der Waals surface area contributed by atoms with Crippen LogP contribution in [0.3, 0.4) is 0 Å². The zero-order chi connectivity index (χ0) is 12.1. The van der Waals surface area contributed by atoms with E-state index in [0.29, 0.717) is 0 Å². The van der Waals surface area contributed by atoms with Gasteiger partial charge in [0.2, 0.25) is 5.95 Å². The molecule has 17 heavy (non-hydrogen) atoms. The average Bonchev–Trinajstić information content (AvgIpc) is 2.40. The summed E-state index contributed by atoms with van der Waals surface area (Å²) in [4.78, 5) is 11.0. The summed E-state index contributed by atoms with van der Waals surface area (Å²) in [5.41, 5.74) is 1.20. The van der Waals surface area contributed by atoms with Crippen LogP contribution in [0.25, 0.3) is 0 Å². The van der Waals surface area contributed by atoms with E-state index in [-0.39, 0.29) is 0 Å². The first kappa shape index (κ1) is 12.3. The maximum atomic E-state index is 4.41. The highest BCUT2D eigenvalue weighted by atomic mass is 15.2. The molecular formula is C13H22N4. The predicted octanol–water partition coefficient (Wildman–Crippen LogP) is 1.47. The number of anilines is 1. The predicted molar refractivity (Wildman–Crippen MR) is 70.3 cm³/mol. The van der Waals surface area contributed by atoms with Gasteiger partial charge in [-0.2, -0.15) is 0 Å². The van der Waals surface area contributed by atoms with Crippen molar-refractivity contribution in [3.05, 3.63) is 18.0 Å². The van der Waals surface area contributed by atoms with Crippen molar-refractivity contribution in [2.75, 3.05) is 31.6 Å². The highest BCUT2D eigenvalue weighted by Crippen LogP contribution is 2.14. The standard InChI is InChI=1S/C13H22N4/c1-3-11-8-15-13(16-9-11)17(2)10-12-5-4-6-14-7-12/h8-9,12,14H,3-7,10H2,1-2H3. The van der Waals surface area contributed by atoms with Gasteiger partial charge in [0, 0.05) is 26.0 Å². The molecule has 1 unspecified atom stereocenters. The molecule has 2 rings (SSSR count). The molecule has 0 amide bonds. The third-order valence-corrected chi connectivity index (χ3v) is 3.37. The van der Waals surface area contributed by atoms with Gasteiger partial charge >= 0.3 is 0 Å². The molecule has 1 saturated heterocycles. The fourth-order valence-electron chi connectivity index (χ4n) is 2.28. The van der Waals surface area contributed by atoms with Crippen molar-refractivity contribution in [3.63, 3.8) is 0 Å². The van der Waals surface area contributed by atoms with Gasteiger partial charge in [-0.25, -0.2) is 9.97 Å². The van der Waals surface area contributed by atoms with E-state index in [1.165, 1.54) is 24.9 Å². The van der Waals surface area contributed by atoms with Crippen LogP contribution in [0.5, 0.6) is 0 Å². The highest BCUT2D eigenvalue weighted by Gasteiger charge is 2.16. The van der Waals surface area contributed by atoms with Crippen molar-refractivity contribution < 1.29 is 0 Å². The Morgan fingerprint density at radius 3 is 2.76 bits per heavy atom. The van der Waals surface area contributed by atoms with Gasteiger partial charge in [-0.05, 0) is 43.8 Å². The molecule has 1 aliphatic heterocycles. The van der Waals surface area contributed by atoms with Crippen LogP contribution in [0.4, 0.5) is 5.95 Å². The maximum Gasteiger partial charge on any atom is 0.225 e. The molecule has 0 spiro atoms. The first-order valence-corrected chi connectivity index (χ1v) is 6.52. The number of aryl methyl sites for hydroxylation is 1. The molecular weight excluding hydrogens is 212 g/mol. The van der Waals surface area contributed by atoms with Gasteiger partial charge in [-0.1, -0.05) is 6.92 Å². The minimum atomic E-state index is 0.725. The monoisotopic (exact) mass is 234 g/mol. The lowest BCUT2D eigenvalue weighted by Crippen LogP contribution is -2.37. The Kier molecular flexibility index (Phi) is 4.31. The number of nitrogens with one attached hydrogen (secondary N) is 1. The van der Waals surface area contributed by atoms with Crippen molar-refractivity contribution in [2.45, 2.75) is 26.2 Å². The molecule has 0 radical (unpaired) electrons. The Balaban J connectivity index is 1.91. The Morgan fingerprint density at radius 1 is 1.41 bits per heavy atom. The van der Waals surface area contributed by atoms with Crippen molar-refractivity contribution in [2.24, 2.45) is 5.92 Å². The zero-order valence-corrected chi connectivity index (χ0v) is 10.8. The summed E-state index contributed by atoms with van der Waals surface area (Å²) >= 11 is 0. The molecule has 1 atom stereocenters. The van der Waals surface area contributed by atoms with E-state index in [2.05, 4.69) is 34.2 Å². The Hall–Kier alpha value is -1.16. The lowest BCUT2D eigenvalue weighted by molar-refractivity contribution is 0.380. The summed E-state index contributed by atoms with van der Waals surface area (Å²) in [6.07, 6.45) is 7.45. The number of hydrogen-bond acceptors (Lipinski definition) is 4. The van der Waals surface area contributed by atoms with Crippen LogP contribution in [-0.2, 0) is 6.42 Å². The van der Waals surface area contributed by atoms with E-state index in [0.717, 1.165) is 31.4 Å². The lowest BCUT2D eigenvalue weighted by atomic mass is 9.99. The summed E-state index contributed by atoms with van der Waals surface area (Å²) in [6, 6.07) is 0. The third kappa shape index (κ3) is 3.40. The van der Waals surface area contributed by atoms with Crippen molar-refractivity contribution in [1.82, 2.24) is 15.3 Å². The molecule has 1 fully saturated rings. The fraction of sp³-hybridized carbons (Fsp3) is 0.692. The summed E-state index contributed by atoms with van der Waals surface area (Å²) in [7, 11) is 2.08. The van der Waals surface area contributed by atoms with Gasteiger partial charge in [0.25, 0.3) is 0 Å². The second kappa shape index (κ2) is 5.96. The molecule has 4 nitrogen and oxygen atoms in total. The molecule has 0 aromatic carbocycles. The molecule has 1 aromatic heterocycles. The van der Waals surface area contributed by atoms with Crippen LogP contribution in [-0.4, -0.2) is 36.6 Å². The lowest BCUT2D eigenvalue weighted by Gasteiger charge is -2.27. The zero-order valence-electron chi connectivity index (χ0n) is 10.8. The van der Waals surface area contributed by atoms with Gasteiger partial charge < -0.3 is 10.2 Å². The molecule has 94 valence electrons. The van der Waals surface area contributed by atoms with Crippen molar-refractivity contribution in [1.29, 1.82) is 0 Å². The summed E-state index contributed by atoms with van der Waals surface area (Å²) in [5.74, 6) is 1.57. The van der Waals surface area contributed by atoms with Crippen LogP contribution < -0.4 is 10.2 Å². The number of hydrogen-bond donors (Lipinski definition) is 1. The van der Waals surface area contributed by atoms with E-state index < -0.39 is 0 Å². The van der Waals surface area contributed by atoms with Crippen molar-refractivity contribution in [3.8, 4) is 0 Å². The van der Waals surface area contributed by atoms with Crippen LogP contribution in [0.15, 0.2) is 12.4 Å². The molecule has 0 aliphatic carbocycles. The number of piperidine rings is 1. The summed E-state index contributed by atoms with van der Waals surface area (Å²) in [5, 5.41) is 3.44. The molecule has 1 N–H and O–H groups in total. The minimum absolute atomic E-state index is 0.725. The molecule has 1 aliphatic rings. The molecule has 0 bridgehead atoms. The minimum Gasteiger partial charge on any atom is -0.344 e. The largest absolute Gasteiger partial charge is 0.344 e. The van der Waals surface area contributed by atoms with E-state index in [1.807, 2.05) is 12.4 Å². The quantitative estimate of drug-likeness (QED) is 0.856. The smallest absolute Gasteiger partial charge is 0.225 e. The number of aromatic nitrogens is 2. The number of rotatable bonds is 4. The SMILES string of the molecule is CCc1cnc(N(C)CC2CCCNC2)nc1. The van der Waals surface area contributed by atoms with Crippen LogP contribution in [0, 0.1) is 5.92 Å². The Bertz CT molecular complexity index is 330. The average molecular weight is 234 g/mol. The fourth-order valence-corrected chi connectivity index (χ4v) is 2.28. The third-order valence-electron chi connectivity index (χ3n) is 3.37. The van der Waals surface area contributed by atoms with E-state index in [1.54, 1.807) is 0 Å². The normalized spacial score (nSPS) is 20.2. The summed E-state index contributed by atoms with van der Waals surface area (Å²) in [6.45, 7) is 5.45. The van der Waals surface area contributed by atoms with E-state index >= 15 is 0 Å². The van der Waals surface area contributed by atoms with Crippen LogP contribution in [0.1, 0.15) is 25.3 Å². The first-order valence-electron chi connectivity index (χ1n) is 6.52. The van der Waals surface area contributed by atoms with Gasteiger partial charge in [0.15, 0.2) is 0 Å². The van der Waals surface area contributed by atoms with Crippen LogP contribution in [0.2, 0.25) is 0 Å². The second-order valence-corrected chi connectivity index (χ2v) is 4.84. The van der Waals surface area contributed by atoms with Gasteiger partial charge in [0.1, 0.15) is 0 Å². The van der Waals surface area contributed by atoms with E-state index in [4.69, 9.17) is 0 Å². The van der Waals surface area contributed by atoms with Gasteiger partial charge in [0.05, 0.1) is 0 Å². The molecule has 4 heteroatoms. The van der Waals surface area contributed by atoms with Gasteiger partial charge in [-0.15, -0.1) is 0 Å². The first-order chi connectivity index (χ1) is 8.29. The summed E-state index contributed by atoms with van der Waals surface area (Å²) < 4.78 is 0. The Morgan fingerprint density at radius 2 is 2.18 bits per heavy atom. The molecule has 0 saturated carbocycles. The molecule has 1 aromatic rings. The number of nitrogens with zero attached hydrogens (tertiary/aromatic N) is 3. The highest BCUT2D eigenvalue weighted by molar-refractivity contribution is 5.28. The second-order valence-electron chi connectivity index (χ2n) is 4.84. The van der Waals surface area contributed by atoms with Crippen molar-refractivity contribution >= 4 is 5.95 Å². The Labute approximate surface area is 103 Å². The van der Waals surface area contributed by atoms with Crippen LogP contribution >= 0.6 is 0 Å². The van der Waals surface area contributed by atoms with E-state index in [9.17, 15) is 0 Å².